The molecule has 2 aliphatic heterocycles. The van der Waals surface area contributed by atoms with Crippen LogP contribution in [0.2, 0.25) is 0 Å². The van der Waals surface area contributed by atoms with Crippen molar-refractivity contribution in [3.63, 3.8) is 0 Å². The standard InChI is InChI=1S/C10H18N2O2/c1-7-6-12(10(14)9(7)13)8-2-4-11-5-3-8/h7-9,11,13H,2-6H2,1H3/t7-,9-/m0/s1. The van der Waals surface area contributed by atoms with Gasteiger partial charge in [0.15, 0.2) is 0 Å². The third-order valence-electron chi connectivity index (χ3n) is 3.31. The number of aliphatic hydroxyl groups excluding tert-OH is 1. The first-order valence-corrected chi connectivity index (χ1v) is 5.39. The number of nitrogens with one attached hydrogen (secondary N) is 1. The van der Waals surface area contributed by atoms with E-state index in [0.29, 0.717) is 6.04 Å². The van der Waals surface area contributed by atoms with Gasteiger partial charge in [0.05, 0.1) is 0 Å². The minimum absolute atomic E-state index is 0.0654. The van der Waals surface area contributed by atoms with Crippen LogP contribution in [0.25, 0.3) is 0 Å². The summed E-state index contributed by atoms with van der Waals surface area (Å²) in [6, 6.07) is 0.350. The second kappa shape index (κ2) is 3.87. The second-order valence-corrected chi connectivity index (χ2v) is 4.39. The van der Waals surface area contributed by atoms with Crippen LogP contribution in [-0.2, 0) is 4.79 Å². The Kier molecular flexibility index (Phi) is 2.74. The molecule has 0 unspecified atom stereocenters. The molecule has 4 heteroatoms. The minimum Gasteiger partial charge on any atom is -0.383 e. The van der Waals surface area contributed by atoms with Gasteiger partial charge in [-0.3, -0.25) is 4.79 Å². The molecule has 2 heterocycles. The summed E-state index contributed by atoms with van der Waals surface area (Å²) >= 11 is 0. The van der Waals surface area contributed by atoms with E-state index in [4.69, 9.17) is 0 Å². The maximum absolute atomic E-state index is 11.7. The Labute approximate surface area is 84.3 Å². The largest absolute Gasteiger partial charge is 0.383 e. The Morgan fingerprint density at radius 3 is 2.57 bits per heavy atom. The summed E-state index contributed by atoms with van der Waals surface area (Å²) < 4.78 is 0. The summed E-state index contributed by atoms with van der Waals surface area (Å²) in [5.74, 6) is 0.0294. The zero-order chi connectivity index (χ0) is 10.1. The quantitative estimate of drug-likeness (QED) is 0.601. The highest BCUT2D eigenvalue weighted by Gasteiger charge is 2.39. The number of piperidine rings is 1. The zero-order valence-corrected chi connectivity index (χ0v) is 8.57. The van der Waals surface area contributed by atoms with Gasteiger partial charge in [-0.25, -0.2) is 0 Å². The molecule has 1 amide bonds. The molecule has 0 bridgehead atoms. The molecule has 0 saturated carbocycles. The van der Waals surface area contributed by atoms with Gasteiger partial charge in [-0.1, -0.05) is 6.92 Å². The van der Waals surface area contributed by atoms with Gasteiger partial charge in [0.1, 0.15) is 6.10 Å². The molecule has 2 atom stereocenters. The molecule has 0 radical (unpaired) electrons. The van der Waals surface area contributed by atoms with Crippen LogP contribution in [0.15, 0.2) is 0 Å². The van der Waals surface area contributed by atoms with Crippen LogP contribution in [0.4, 0.5) is 0 Å². The van der Waals surface area contributed by atoms with Gasteiger partial charge >= 0.3 is 0 Å². The van der Waals surface area contributed by atoms with Gasteiger partial charge in [0, 0.05) is 18.5 Å². The summed E-state index contributed by atoms with van der Waals surface area (Å²) in [5.41, 5.74) is 0. The number of carbonyl (C=O) groups excluding carboxylic acids is 1. The van der Waals surface area contributed by atoms with Gasteiger partial charge in [0.25, 0.3) is 5.91 Å². The first-order valence-electron chi connectivity index (χ1n) is 5.39. The number of amides is 1. The van der Waals surface area contributed by atoms with Crippen LogP contribution in [-0.4, -0.2) is 47.7 Å². The first kappa shape index (κ1) is 9.93. The number of rotatable bonds is 1. The second-order valence-electron chi connectivity index (χ2n) is 4.39. The fraction of sp³-hybridized carbons (Fsp3) is 0.900. The van der Waals surface area contributed by atoms with E-state index in [0.717, 1.165) is 32.5 Å². The van der Waals surface area contributed by atoms with Crippen molar-refractivity contribution in [3.8, 4) is 0 Å². The SMILES string of the molecule is C[C@H]1CN(C2CCNCC2)C(=O)[C@H]1O. The van der Waals surface area contributed by atoms with E-state index in [2.05, 4.69) is 5.32 Å². The fourth-order valence-corrected chi connectivity index (χ4v) is 2.36. The summed E-state index contributed by atoms with van der Waals surface area (Å²) in [7, 11) is 0. The van der Waals surface area contributed by atoms with Crippen molar-refractivity contribution in [1.82, 2.24) is 10.2 Å². The van der Waals surface area contributed by atoms with E-state index in [1.165, 1.54) is 0 Å². The summed E-state index contributed by atoms with van der Waals surface area (Å²) in [5, 5.41) is 12.8. The van der Waals surface area contributed by atoms with E-state index in [9.17, 15) is 9.90 Å². The van der Waals surface area contributed by atoms with E-state index in [1.807, 2.05) is 11.8 Å². The van der Waals surface area contributed by atoms with Gasteiger partial charge in [0.2, 0.25) is 0 Å². The third kappa shape index (κ3) is 1.64. The molecule has 0 spiro atoms. The van der Waals surface area contributed by atoms with Crippen LogP contribution >= 0.6 is 0 Å². The predicted octanol–water partition coefficient (Wildman–Crippen LogP) is -0.422. The molecule has 2 rings (SSSR count). The summed E-state index contributed by atoms with van der Waals surface area (Å²) in [6.45, 7) is 4.63. The lowest BCUT2D eigenvalue weighted by Gasteiger charge is -2.31. The zero-order valence-electron chi connectivity index (χ0n) is 8.57. The molecule has 80 valence electrons. The summed E-state index contributed by atoms with van der Waals surface area (Å²) in [4.78, 5) is 13.5. The highest BCUT2D eigenvalue weighted by molar-refractivity contribution is 5.83. The van der Waals surface area contributed by atoms with E-state index >= 15 is 0 Å². The highest BCUT2D eigenvalue weighted by atomic mass is 16.3. The molecule has 0 aromatic rings. The molecule has 4 nitrogen and oxygen atoms in total. The summed E-state index contributed by atoms with van der Waals surface area (Å²) in [6.07, 6.45) is 1.28. The van der Waals surface area contributed by atoms with Crippen LogP contribution in [0.1, 0.15) is 19.8 Å². The van der Waals surface area contributed by atoms with E-state index < -0.39 is 6.10 Å². The van der Waals surface area contributed by atoms with Crippen molar-refractivity contribution in [3.05, 3.63) is 0 Å². The maximum Gasteiger partial charge on any atom is 0.252 e. The molecule has 0 aliphatic carbocycles. The van der Waals surface area contributed by atoms with Crippen molar-refractivity contribution in [1.29, 1.82) is 0 Å². The van der Waals surface area contributed by atoms with Gasteiger partial charge in [-0.05, 0) is 25.9 Å². The molecule has 2 saturated heterocycles. The average molecular weight is 198 g/mol. The normalized spacial score (nSPS) is 35.3. The number of nitrogens with zero attached hydrogens (tertiary/aromatic N) is 1. The topological polar surface area (TPSA) is 52.6 Å². The number of hydrogen-bond donors (Lipinski definition) is 2. The molecule has 2 aliphatic rings. The van der Waals surface area contributed by atoms with Gasteiger partial charge in [-0.15, -0.1) is 0 Å². The van der Waals surface area contributed by atoms with Crippen molar-refractivity contribution in [2.45, 2.75) is 31.9 Å². The molecule has 0 aromatic heterocycles. The lowest BCUT2D eigenvalue weighted by atomic mass is 10.1. The van der Waals surface area contributed by atoms with Crippen LogP contribution < -0.4 is 5.32 Å². The Balaban J connectivity index is 2.00. The Bertz CT molecular complexity index is 226. The molecule has 14 heavy (non-hydrogen) atoms. The van der Waals surface area contributed by atoms with Crippen LogP contribution in [0.5, 0.6) is 0 Å². The van der Waals surface area contributed by atoms with Crippen molar-refractivity contribution in [2.75, 3.05) is 19.6 Å². The average Bonchev–Trinajstić information content (AvgIpc) is 2.47. The van der Waals surface area contributed by atoms with Crippen LogP contribution in [0, 0.1) is 5.92 Å². The lowest BCUT2D eigenvalue weighted by molar-refractivity contribution is -0.137. The van der Waals surface area contributed by atoms with E-state index in [-0.39, 0.29) is 11.8 Å². The molecule has 0 aromatic carbocycles. The van der Waals surface area contributed by atoms with E-state index in [1.54, 1.807) is 0 Å². The predicted molar refractivity (Wildman–Crippen MR) is 52.8 cm³/mol. The van der Waals surface area contributed by atoms with Crippen molar-refractivity contribution >= 4 is 5.91 Å². The number of hydrogen-bond acceptors (Lipinski definition) is 3. The molecular weight excluding hydrogens is 180 g/mol. The Morgan fingerprint density at radius 1 is 1.43 bits per heavy atom. The molecule has 2 fully saturated rings. The number of aliphatic hydroxyl groups is 1. The monoisotopic (exact) mass is 198 g/mol. The lowest BCUT2D eigenvalue weighted by Crippen LogP contribution is -2.44. The van der Waals surface area contributed by atoms with Gasteiger partial charge < -0.3 is 15.3 Å². The minimum atomic E-state index is -0.759. The Morgan fingerprint density at radius 2 is 2.07 bits per heavy atom. The third-order valence-corrected chi connectivity index (χ3v) is 3.31. The number of carbonyl (C=O) groups is 1. The maximum atomic E-state index is 11.7. The van der Waals surface area contributed by atoms with Crippen molar-refractivity contribution in [2.24, 2.45) is 5.92 Å². The van der Waals surface area contributed by atoms with Crippen molar-refractivity contribution < 1.29 is 9.90 Å². The Hall–Kier alpha value is -0.610. The van der Waals surface area contributed by atoms with Crippen LogP contribution in [0.3, 0.4) is 0 Å². The molecule has 2 N–H and O–H groups in total. The smallest absolute Gasteiger partial charge is 0.252 e. The molecular formula is C10H18N2O2. The highest BCUT2D eigenvalue weighted by Crippen LogP contribution is 2.23. The first-order chi connectivity index (χ1) is 6.70. The van der Waals surface area contributed by atoms with Gasteiger partial charge in [-0.2, -0.15) is 0 Å². The number of likely N-dealkylation sites (tertiary alicyclic amines) is 1. The fourth-order valence-electron chi connectivity index (χ4n) is 2.36.